The summed E-state index contributed by atoms with van der Waals surface area (Å²) in [6.45, 7) is 7.20. The molecule has 0 saturated heterocycles. The van der Waals surface area contributed by atoms with Gasteiger partial charge in [-0.25, -0.2) is 9.78 Å². The number of halogens is 1. The fraction of sp³-hybridized carbons (Fsp3) is 0.538. The Balaban J connectivity index is 2.86. The minimum absolute atomic E-state index is 0.0487. The van der Waals surface area contributed by atoms with E-state index in [9.17, 15) is 4.79 Å². The fourth-order valence-electron chi connectivity index (χ4n) is 1.53. The van der Waals surface area contributed by atoms with Crippen LogP contribution in [0.3, 0.4) is 0 Å². The normalized spacial score (nSPS) is 12.5. The van der Waals surface area contributed by atoms with Gasteiger partial charge in [-0.3, -0.25) is 0 Å². The molecule has 0 amide bonds. The van der Waals surface area contributed by atoms with Crippen LogP contribution >= 0.6 is 11.6 Å². The van der Waals surface area contributed by atoms with Crippen LogP contribution < -0.4 is 5.32 Å². The number of ether oxygens (including phenoxy) is 1. The smallest absolute Gasteiger partial charge is 0.335 e. The topological polar surface area (TPSA) is 71.5 Å². The first-order valence-electron chi connectivity index (χ1n) is 6.19. The molecule has 2 N–H and O–H groups in total. The molecule has 0 aliphatic carbocycles. The Kier molecular flexibility index (Phi) is 6.05. The summed E-state index contributed by atoms with van der Waals surface area (Å²) in [6.07, 6.45) is 0. The molecular weight excluding hydrogens is 268 g/mol. The van der Waals surface area contributed by atoms with Crippen molar-refractivity contribution in [3.63, 3.8) is 0 Å². The number of carbonyl (C=O) groups is 1. The van der Waals surface area contributed by atoms with Gasteiger partial charge in [-0.1, -0.05) is 25.4 Å². The fourth-order valence-corrected chi connectivity index (χ4v) is 1.74. The summed E-state index contributed by atoms with van der Waals surface area (Å²) < 4.78 is 5.40. The number of pyridine rings is 1. The summed E-state index contributed by atoms with van der Waals surface area (Å²) in [6, 6.07) is 2.84. The van der Waals surface area contributed by atoms with Crippen molar-refractivity contribution in [1.82, 2.24) is 4.98 Å². The molecule has 0 bridgehead atoms. The molecule has 1 rings (SSSR count). The summed E-state index contributed by atoms with van der Waals surface area (Å²) in [7, 11) is 0. The second-order valence-electron chi connectivity index (χ2n) is 4.52. The second kappa shape index (κ2) is 7.31. The number of rotatable bonds is 7. The van der Waals surface area contributed by atoms with Crippen molar-refractivity contribution in [2.75, 3.05) is 18.5 Å². The highest BCUT2D eigenvalue weighted by molar-refractivity contribution is 6.29. The summed E-state index contributed by atoms with van der Waals surface area (Å²) in [5, 5.41) is 12.3. The predicted molar refractivity (Wildman–Crippen MR) is 74.9 cm³/mol. The molecule has 1 heterocycles. The Morgan fingerprint density at radius 2 is 2.21 bits per heavy atom. The van der Waals surface area contributed by atoms with E-state index in [1.54, 1.807) is 0 Å². The number of carboxylic acids is 1. The largest absolute Gasteiger partial charge is 0.478 e. The third-order valence-electron chi connectivity index (χ3n) is 2.68. The minimum Gasteiger partial charge on any atom is -0.478 e. The highest BCUT2D eigenvalue weighted by Crippen LogP contribution is 2.17. The lowest BCUT2D eigenvalue weighted by atomic mass is 10.1. The van der Waals surface area contributed by atoms with E-state index in [0.717, 1.165) is 0 Å². The number of nitrogens with one attached hydrogen (secondary N) is 1. The maximum Gasteiger partial charge on any atom is 0.335 e. The van der Waals surface area contributed by atoms with Gasteiger partial charge >= 0.3 is 5.97 Å². The zero-order valence-corrected chi connectivity index (χ0v) is 12.1. The Hall–Kier alpha value is -1.33. The van der Waals surface area contributed by atoms with Crippen LogP contribution in [0.4, 0.5) is 5.82 Å². The molecule has 0 aliphatic heterocycles. The molecular formula is C13H19ClN2O3. The third-order valence-corrected chi connectivity index (χ3v) is 2.87. The van der Waals surface area contributed by atoms with Crippen LogP contribution in [-0.2, 0) is 4.74 Å². The van der Waals surface area contributed by atoms with Crippen LogP contribution in [0.25, 0.3) is 0 Å². The first kappa shape index (κ1) is 15.7. The first-order chi connectivity index (χ1) is 8.93. The van der Waals surface area contributed by atoms with Crippen molar-refractivity contribution >= 4 is 23.4 Å². The van der Waals surface area contributed by atoms with Gasteiger partial charge in [-0.2, -0.15) is 0 Å². The van der Waals surface area contributed by atoms with Gasteiger partial charge in [-0.05, 0) is 25.0 Å². The SMILES string of the molecule is CCOCC(Nc1cc(C(=O)O)cc(Cl)n1)C(C)C. The monoisotopic (exact) mass is 286 g/mol. The van der Waals surface area contributed by atoms with Crippen molar-refractivity contribution in [2.45, 2.75) is 26.8 Å². The molecule has 1 aromatic heterocycles. The molecule has 1 atom stereocenters. The zero-order valence-electron chi connectivity index (χ0n) is 11.3. The Morgan fingerprint density at radius 1 is 1.53 bits per heavy atom. The Morgan fingerprint density at radius 3 is 2.74 bits per heavy atom. The number of hydrogen-bond acceptors (Lipinski definition) is 4. The second-order valence-corrected chi connectivity index (χ2v) is 4.91. The molecule has 6 heteroatoms. The van der Waals surface area contributed by atoms with E-state index in [2.05, 4.69) is 24.1 Å². The van der Waals surface area contributed by atoms with E-state index in [0.29, 0.717) is 24.9 Å². The van der Waals surface area contributed by atoms with E-state index >= 15 is 0 Å². The van der Waals surface area contributed by atoms with Crippen molar-refractivity contribution in [2.24, 2.45) is 5.92 Å². The number of anilines is 1. The molecule has 5 nitrogen and oxygen atoms in total. The summed E-state index contributed by atoms with van der Waals surface area (Å²) in [4.78, 5) is 15.0. The lowest BCUT2D eigenvalue weighted by Crippen LogP contribution is -2.31. The van der Waals surface area contributed by atoms with Crippen molar-refractivity contribution in [3.05, 3.63) is 22.8 Å². The summed E-state index contributed by atoms with van der Waals surface area (Å²) in [5.74, 6) is -0.262. The number of hydrogen-bond donors (Lipinski definition) is 2. The highest BCUT2D eigenvalue weighted by Gasteiger charge is 2.15. The van der Waals surface area contributed by atoms with Crippen LogP contribution in [0, 0.1) is 5.92 Å². The number of aromatic nitrogens is 1. The zero-order chi connectivity index (χ0) is 14.4. The van der Waals surface area contributed by atoms with E-state index in [4.69, 9.17) is 21.4 Å². The molecule has 0 aromatic carbocycles. The highest BCUT2D eigenvalue weighted by atomic mass is 35.5. The molecule has 19 heavy (non-hydrogen) atoms. The summed E-state index contributed by atoms with van der Waals surface area (Å²) in [5.41, 5.74) is 0.112. The molecule has 1 aromatic rings. The van der Waals surface area contributed by atoms with Crippen LogP contribution in [0.15, 0.2) is 12.1 Å². The lowest BCUT2D eigenvalue weighted by Gasteiger charge is -2.22. The maximum atomic E-state index is 11.0. The van der Waals surface area contributed by atoms with Crippen molar-refractivity contribution in [3.8, 4) is 0 Å². The average Bonchev–Trinajstić information content (AvgIpc) is 2.33. The van der Waals surface area contributed by atoms with Crippen molar-refractivity contribution in [1.29, 1.82) is 0 Å². The predicted octanol–water partition coefficient (Wildman–Crippen LogP) is 2.91. The van der Waals surface area contributed by atoms with Crippen LogP contribution in [0.5, 0.6) is 0 Å². The molecule has 0 saturated carbocycles. The Labute approximate surface area is 117 Å². The molecule has 1 unspecified atom stereocenters. The van der Waals surface area contributed by atoms with E-state index in [1.807, 2.05) is 6.92 Å². The van der Waals surface area contributed by atoms with Gasteiger partial charge in [0.15, 0.2) is 0 Å². The molecule has 0 aliphatic rings. The van der Waals surface area contributed by atoms with Crippen LogP contribution in [0.1, 0.15) is 31.1 Å². The van der Waals surface area contributed by atoms with Crippen LogP contribution in [0.2, 0.25) is 5.15 Å². The van der Waals surface area contributed by atoms with Gasteiger partial charge in [0, 0.05) is 6.61 Å². The standard InChI is InChI=1S/C13H19ClN2O3/c1-4-19-7-10(8(2)3)15-12-6-9(13(17)18)5-11(14)16-12/h5-6,8,10H,4,7H2,1-3H3,(H,15,16)(H,17,18). The Bertz CT molecular complexity index is 438. The van der Waals surface area contributed by atoms with Gasteiger partial charge in [-0.15, -0.1) is 0 Å². The third kappa shape index (κ3) is 5.04. The van der Waals surface area contributed by atoms with E-state index < -0.39 is 5.97 Å². The van der Waals surface area contributed by atoms with Gasteiger partial charge in [0.25, 0.3) is 0 Å². The minimum atomic E-state index is -1.03. The first-order valence-corrected chi connectivity index (χ1v) is 6.57. The number of carboxylic acid groups (broad SMARTS) is 1. The maximum absolute atomic E-state index is 11.0. The molecule has 0 spiro atoms. The summed E-state index contributed by atoms with van der Waals surface area (Å²) >= 11 is 5.82. The molecule has 0 fully saturated rings. The van der Waals surface area contributed by atoms with Crippen molar-refractivity contribution < 1.29 is 14.6 Å². The average molecular weight is 287 g/mol. The molecule has 0 radical (unpaired) electrons. The van der Waals surface area contributed by atoms with Gasteiger partial charge < -0.3 is 15.2 Å². The quantitative estimate of drug-likeness (QED) is 0.754. The van der Waals surface area contributed by atoms with E-state index in [1.165, 1.54) is 12.1 Å². The number of nitrogens with zero attached hydrogens (tertiary/aromatic N) is 1. The lowest BCUT2D eigenvalue weighted by molar-refractivity contribution is 0.0697. The molecule has 106 valence electrons. The van der Waals surface area contributed by atoms with Gasteiger partial charge in [0.1, 0.15) is 11.0 Å². The van der Waals surface area contributed by atoms with Crippen LogP contribution in [-0.4, -0.2) is 35.3 Å². The number of aromatic carboxylic acids is 1. The van der Waals surface area contributed by atoms with Gasteiger partial charge in [0.05, 0.1) is 18.2 Å². The van der Waals surface area contributed by atoms with E-state index in [-0.39, 0.29) is 16.8 Å². The van der Waals surface area contributed by atoms with Gasteiger partial charge in [0.2, 0.25) is 0 Å².